The number of carbonyl (C=O) groups is 1. The molecule has 1 aromatic rings. The van der Waals surface area contributed by atoms with Gasteiger partial charge in [-0.2, -0.15) is 0 Å². The number of piperidine rings is 1. The smallest absolute Gasteiger partial charge is 0.290 e. The zero-order valence-corrected chi connectivity index (χ0v) is 16.2. The van der Waals surface area contributed by atoms with Crippen molar-refractivity contribution in [3.05, 3.63) is 29.3 Å². The summed E-state index contributed by atoms with van der Waals surface area (Å²) in [6.45, 7) is 4.78. The van der Waals surface area contributed by atoms with Crippen LogP contribution in [0.5, 0.6) is 0 Å². The van der Waals surface area contributed by atoms with Gasteiger partial charge in [-0.25, -0.2) is 0 Å². The Hall–Kier alpha value is -1.59. The van der Waals surface area contributed by atoms with E-state index < -0.39 is 0 Å². The summed E-state index contributed by atoms with van der Waals surface area (Å²) in [7, 11) is 4.45. The number of benzene rings is 1. The number of likely N-dealkylation sites (tertiary alicyclic amines) is 1. The van der Waals surface area contributed by atoms with Crippen LogP contribution in [0.15, 0.2) is 18.2 Å². The van der Waals surface area contributed by atoms with Gasteiger partial charge in [0.2, 0.25) is 0 Å². The number of nitrogens with zero attached hydrogens (tertiary/aromatic N) is 3. The molecule has 144 valence electrons. The number of hydrogen-bond donors (Lipinski definition) is 1. The lowest BCUT2D eigenvalue weighted by atomic mass is 10.0. The summed E-state index contributed by atoms with van der Waals surface area (Å²) in [4.78, 5) is 16.1. The molecule has 2 aliphatic heterocycles. The van der Waals surface area contributed by atoms with E-state index in [9.17, 15) is 0 Å². The van der Waals surface area contributed by atoms with Crippen molar-refractivity contribution in [2.75, 3.05) is 45.2 Å². The Bertz CT molecular complexity index is 597. The lowest BCUT2D eigenvalue weighted by molar-refractivity contribution is -0.122. The van der Waals surface area contributed by atoms with Gasteiger partial charge in [0, 0.05) is 44.0 Å². The SMILES string of the molecule is CN(C)C1CCN(C2CCN(c3ccc4c(c3)CCC4)CC2)C1.O=CO. The number of anilines is 1. The van der Waals surface area contributed by atoms with Crippen LogP contribution < -0.4 is 4.90 Å². The third-order valence-corrected chi connectivity index (χ3v) is 6.35. The van der Waals surface area contributed by atoms with Crippen molar-refractivity contribution >= 4 is 12.2 Å². The highest BCUT2D eigenvalue weighted by Gasteiger charge is 2.31. The van der Waals surface area contributed by atoms with Crippen molar-refractivity contribution in [3.8, 4) is 0 Å². The number of carboxylic acid groups (broad SMARTS) is 1. The molecule has 2 heterocycles. The van der Waals surface area contributed by atoms with Crippen molar-refractivity contribution in [2.24, 2.45) is 0 Å². The molecule has 0 bridgehead atoms. The van der Waals surface area contributed by atoms with Gasteiger partial charge in [-0.15, -0.1) is 0 Å². The summed E-state index contributed by atoms with van der Waals surface area (Å²) in [6.07, 6.45) is 7.94. The predicted octanol–water partition coefficient (Wildman–Crippen LogP) is 2.48. The second kappa shape index (κ2) is 8.87. The normalized spacial score (nSPS) is 23.7. The molecule has 1 aromatic carbocycles. The van der Waals surface area contributed by atoms with E-state index >= 15 is 0 Å². The number of rotatable bonds is 3. The molecule has 0 amide bonds. The highest BCUT2D eigenvalue weighted by atomic mass is 16.3. The first-order valence-corrected chi connectivity index (χ1v) is 9.97. The van der Waals surface area contributed by atoms with Gasteiger partial charge in [0.05, 0.1) is 0 Å². The van der Waals surface area contributed by atoms with Crippen LogP contribution in [0.3, 0.4) is 0 Å². The predicted molar refractivity (Wildman–Crippen MR) is 106 cm³/mol. The molecule has 5 heteroatoms. The van der Waals surface area contributed by atoms with Gasteiger partial charge < -0.3 is 14.9 Å². The lowest BCUT2D eigenvalue weighted by Crippen LogP contribution is -2.45. The van der Waals surface area contributed by atoms with Crippen molar-refractivity contribution < 1.29 is 9.90 Å². The Morgan fingerprint density at radius 2 is 1.77 bits per heavy atom. The van der Waals surface area contributed by atoms with E-state index in [1.807, 2.05) is 0 Å². The van der Waals surface area contributed by atoms with Gasteiger partial charge in [-0.05, 0) is 75.9 Å². The quantitative estimate of drug-likeness (QED) is 0.840. The Balaban J connectivity index is 0.000000613. The molecule has 0 saturated carbocycles. The number of fused-ring (bicyclic) bond motifs is 1. The molecule has 1 atom stereocenters. The maximum absolute atomic E-state index is 8.36. The van der Waals surface area contributed by atoms with E-state index in [0.29, 0.717) is 0 Å². The third-order valence-electron chi connectivity index (χ3n) is 6.35. The van der Waals surface area contributed by atoms with E-state index in [1.54, 1.807) is 11.1 Å². The molecule has 0 spiro atoms. The highest BCUT2D eigenvalue weighted by molar-refractivity contribution is 5.52. The zero-order valence-electron chi connectivity index (χ0n) is 16.2. The first-order valence-electron chi connectivity index (χ1n) is 9.97. The lowest BCUT2D eigenvalue weighted by Gasteiger charge is -2.38. The Labute approximate surface area is 157 Å². The average molecular weight is 360 g/mol. The fourth-order valence-corrected chi connectivity index (χ4v) is 4.77. The molecule has 4 rings (SSSR count). The maximum atomic E-state index is 8.36. The van der Waals surface area contributed by atoms with Crippen molar-refractivity contribution in [3.63, 3.8) is 0 Å². The molecule has 26 heavy (non-hydrogen) atoms. The van der Waals surface area contributed by atoms with E-state index in [0.717, 1.165) is 12.1 Å². The Morgan fingerprint density at radius 3 is 2.42 bits per heavy atom. The van der Waals surface area contributed by atoms with Crippen molar-refractivity contribution in [2.45, 2.75) is 50.6 Å². The molecule has 0 aromatic heterocycles. The molecule has 3 aliphatic rings. The number of aryl methyl sites for hydroxylation is 2. The molecule has 5 nitrogen and oxygen atoms in total. The summed E-state index contributed by atoms with van der Waals surface area (Å²) in [5, 5.41) is 6.89. The maximum Gasteiger partial charge on any atom is 0.290 e. The average Bonchev–Trinajstić information content (AvgIpc) is 3.31. The summed E-state index contributed by atoms with van der Waals surface area (Å²) in [6, 6.07) is 8.80. The van der Waals surface area contributed by atoms with E-state index in [-0.39, 0.29) is 6.47 Å². The summed E-state index contributed by atoms with van der Waals surface area (Å²) in [5.74, 6) is 0. The summed E-state index contributed by atoms with van der Waals surface area (Å²) >= 11 is 0. The number of likely N-dealkylation sites (N-methyl/N-ethyl adjacent to an activating group) is 1. The zero-order chi connectivity index (χ0) is 18.5. The van der Waals surface area contributed by atoms with Crippen LogP contribution >= 0.6 is 0 Å². The molecule has 1 aliphatic carbocycles. The molecular formula is C21H33N3O2. The summed E-state index contributed by atoms with van der Waals surface area (Å²) in [5.41, 5.74) is 4.67. The van der Waals surface area contributed by atoms with E-state index in [2.05, 4.69) is 47.0 Å². The van der Waals surface area contributed by atoms with Crippen LogP contribution in [0.1, 0.15) is 36.8 Å². The number of hydrogen-bond acceptors (Lipinski definition) is 4. The first-order chi connectivity index (χ1) is 12.6. The fraction of sp³-hybridized carbons (Fsp3) is 0.667. The van der Waals surface area contributed by atoms with Crippen LogP contribution in [-0.4, -0.2) is 73.7 Å². The minimum Gasteiger partial charge on any atom is -0.483 e. The van der Waals surface area contributed by atoms with Crippen LogP contribution in [-0.2, 0) is 17.6 Å². The third kappa shape index (κ3) is 4.38. The highest BCUT2D eigenvalue weighted by Crippen LogP contribution is 2.30. The van der Waals surface area contributed by atoms with Gasteiger partial charge in [0.15, 0.2) is 0 Å². The summed E-state index contributed by atoms with van der Waals surface area (Å²) < 4.78 is 0. The fourth-order valence-electron chi connectivity index (χ4n) is 4.77. The van der Waals surface area contributed by atoms with Crippen molar-refractivity contribution in [1.82, 2.24) is 9.80 Å². The largest absolute Gasteiger partial charge is 0.483 e. The first kappa shape index (κ1) is 19.2. The van der Waals surface area contributed by atoms with Gasteiger partial charge in [0.25, 0.3) is 6.47 Å². The van der Waals surface area contributed by atoms with Gasteiger partial charge in [0.1, 0.15) is 0 Å². The molecular weight excluding hydrogens is 326 g/mol. The van der Waals surface area contributed by atoms with Crippen LogP contribution in [0.4, 0.5) is 5.69 Å². The van der Waals surface area contributed by atoms with Crippen LogP contribution in [0.2, 0.25) is 0 Å². The van der Waals surface area contributed by atoms with E-state index in [1.165, 1.54) is 70.4 Å². The van der Waals surface area contributed by atoms with Gasteiger partial charge in [-0.3, -0.25) is 9.69 Å². The van der Waals surface area contributed by atoms with Gasteiger partial charge in [-0.1, -0.05) is 6.07 Å². The monoisotopic (exact) mass is 359 g/mol. The molecule has 1 N–H and O–H groups in total. The minimum atomic E-state index is -0.250. The molecule has 2 fully saturated rings. The van der Waals surface area contributed by atoms with Crippen LogP contribution in [0, 0.1) is 0 Å². The molecule has 2 saturated heterocycles. The molecule has 0 radical (unpaired) electrons. The Morgan fingerprint density at radius 1 is 1.08 bits per heavy atom. The Kier molecular flexibility index (Phi) is 6.54. The second-order valence-electron chi connectivity index (χ2n) is 8.03. The van der Waals surface area contributed by atoms with Crippen molar-refractivity contribution in [1.29, 1.82) is 0 Å². The van der Waals surface area contributed by atoms with Crippen LogP contribution in [0.25, 0.3) is 0 Å². The minimum absolute atomic E-state index is 0.250. The topological polar surface area (TPSA) is 47.0 Å². The second-order valence-corrected chi connectivity index (χ2v) is 8.03. The van der Waals surface area contributed by atoms with Gasteiger partial charge >= 0.3 is 0 Å². The standard InChI is InChI=1S/C20H31N3.CH2O2/c1-21(2)20-10-13-23(15-20)18-8-11-22(12-9-18)19-7-6-16-4-3-5-17(16)14-19;2-1-3/h6-7,14,18,20H,3-5,8-13,15H2,1-2H3;1H,(H,2,3). The molecule has 1 unspecified atom stereocenters. The van der Waals surface area contributed by atoms with E-state index in [4.69, 9.17) is 9.90 Å².